The lowest BCUT2D eigenvalue weighted by Crippen LogP contribution is -2.08. The molecule has 132 valence electrons. The fraction of sp³-hybridized carbons (Fsp3) is 0.389. The van der Waals surface area contributed by atoms with Crippen LogP contribution < -0.4 is 0 Å². The van der Waals surface area contributed by atoms with Gasteiger partial charge in [0.05, 0.1) is 12.3 Å². The first kappa shape index (κ1) is 18.5. The summed E-state index contributed by atoms with van der Waals surface area (Å²) in [6, 6.07) is 5.50. The number of esters is 1. The molecule has 7 heteroatoms. The van der Waals surface area contributed by atoms with E-state index in [2.05, 4.69) is 9.72 Å². The van der Waals surface area contributed by atoms with E-state index in [0.29, 0.717) is 24.6 Å². The summed E-state index contributed by atoms with van der Waals surface area (Å²) in [5, 5.41) is 13.0. The Kier molecular flexibility index (Phi) is 6.14. The van der Waals surface area contributed by atoms with Gasteiger partial charge in [-0.1, -0.05) is 5.16 Å². The molecule has 0 N–H and O–H groups in total. The van der Waals surface area contributed by atoms with Gasteiger partial charge in [-0.3, -0.25) is 0 Å². The molecule has 0 saturated heterocycles. The topological polar surface area (TPSA) is 90.3 Å². The van der Waals surface area contributed by atoms with E-state index >= 15 is 0 Å². The average Bonchev–Trinajstić information content (AvgIpc) is 3.12. The maximum absolute atomic E-state index is 12.1. The number of aromatic nitrogens is 2. The quantitative estimate of drug-likeness (QED) is 0.436. The van der Waals surface area contributed by atoms with Crippen molar-refractivity contribution < 1.29 is 18.8 Å². The predicted octanol–water partition coefficient (Wildman–Crippen LogP) is 2.70. The highest BCUT2D eigenvalue weighted by atomic mass is 16.5. The summed E-state index contributed by atoms with van der Waals surface area (Å²) in [5.41, 5.74) is 3.43. The van der Waals surface area contributed by atoms with Gasteiger partial charge < -0.3 is 18.6 Å². The number of carbonyl (C=O) groups excluding carboxylic acids is 1. The maximum Gasteiger partial charge on any atom is 0.349 e. The van der Waals surface area contributed by atoms with Crippen LogP contribution in [0.25, 0.3) is 6.08 Å². The zero-order chi connectivity index (χ0) is 18.4. The molecule has 0 bridgehead atoms. The number of rotatable bonds is 7. The maximum atomic E-state index is 12.1. The summed E-state index contributed by atoms with van der Waals surface area (Å²) in [5.74, 6) is -0.265. The van der Waals surface area contributed by atoms with Crippen LogP contribution in [0.3, 0.4) is 0 Å². The van der Waals surface area contributed by atoms with Crippen molar-refractivity contribution in [3.8, 4) is 6.07 Å². The Morgan fingerprint density at radius 1 is 1.40 bits per heavy atom. The standard InChI is InChI=1S/C18H21N3O4/c1-12-7-17(25-20-12)11-24-18(22)16(10-19)9-15-8-13(2)21(14(15)3)5-6-23-4/h7-9H,5-6,11H2,1-4H3/b16-9+. The molecule has 0 aliphatic rings. The smallest absolute Gasteiger partial charge is 0.349 e. The summed E-state index contributed by atoms with van der Waals surface area (Å²) in [6.45, 7) is 6.91. The van der Waals surface area contributed by atoms with E-state index in [-0.39, 0.29) is 12.2 Å². The van der Waals surface area contributed by atoms with Gasteiger partial charge in [-0.15, -0.1) is 0 Å². The van der Waals surface area contributed by atoms with Crippen LogP contribution in [0, 0.1) is 32.1 Å². The number of carbonyl (C=O) groups is 1. The summed E-state index contributed by atoms with van der Waals surface area (Å²) in [4.78, 5) is 12.1. The molecule has 2 rings (SSSR count). The van der Waals surface area contributed by atoms with Crippen molar-refractivity contribution in [1.82, 2.24) is 9.72 Å². The summed E-state index contributed by atoms with van der Waals surface area (Å²) >= 11 is 0. The lowest BCUT2D eigenvalue weighted by Gasteiger charge is -2.08. The van der Waals surface area contributed by atoms with E-state index < -0.39 is 5.97 Å². The number of nitriles is 1. The van der Waals surface area contributed by atoms with Crippen LogP contribution in [0.4, 0.5) is 0 Å². The van der Waals surface area contributed by atoms with Crippen LogP contribution in [0.15, 0.2) is 22.2 Å². The fourth-order valence-corrected chi connectivity index (χ4v) is 2.49. The monoisotopic (exact) mass is 343 g/mol. The van der Waals surface area contributed by atoms with Crippen LogP contribution in [-0.4, -0.2) is 29.4 Å². The molecule has 0 amide bonds. The average molecular weight is 343 g/mol. The van der Waals surface area contributed by atoms with E-state index in [9.17, 15) is 10.1 Å². The van der Waals surface area contributed by atoms with Crippen molar-refractivity contribution in [2.24, 2.45) is 0 Å². The lowest BCUT2D eigenvalue weighted by molar-refractivity contribution is -0.140. The highest BCUT2D eigenvalue weighted by Crippen LogP contribution is 2.19. The van der Waals surface area contributed by atoms with Crippen molar-refractivity contribution in [2.45, 2.75) is 33.9 Å². The fourth-order valence-electron chi connectivity index (χ4n) is 2.49. The molecular weight excluding hydrogens is 322 g/mol. The van der Waals surface area contributed by atoms with E-state index in [4.69, 9.17) is 14.0 Å². The van der Waals surface area contributed by atoms with Crippen molar-refractivity contribution >= 4 is 12.0 Å². The SMILES string of the molecule is COCCn1c(C)cc(/C=C(\C#N)C(=O)OCc2cc(C)no2)c1C. The van der Waals surface area contributed by atoms with Crippen LogP contribution in [0.5, 0.6) is 0 Å². The number of methoxy groups -OCH3 is 1. The molecule has 7 nitrogen and oxygen atoms in total. The van der Waals surface area contributed by atoms with Crippen molar-refractivity contribution in [3.05, 3.63) is 46.1 Å². The van der Waals surface area contributed by atoms with Gasteiger partial charge >= 0.3 is 5.97 Å². The molecule has 0 aromatic carbocycles. The summed E-state index contributed by atoms with van der Waals surface area (Å²) in [6.07, 6.45) is 1.54. The normalized spacial score (nSPS) is 11.4. The molecule has 0 spiro atoms. The van der Waals surface area contributed by atoms with Gasteiger partial charge in [-0.05, 0) is 38.5 Å². The zero-order valence-electron chi connectivity index (χ0n) is 14.8. The highest BCUT2D eigenvalue weighted by molar-refractivity contribution is 5.98. The summed E-state index contributed by atoms with van der Waals surface area (Å²) < 4.78 is 17.3. The van der Waals surface area contributed by atoms with Gasteiger partial charge in [-0.25, -0.2) is 4.79 Å². The number of nitrogens with zero attached hydrogens (tertiary/aromatic N) is 3. The van der Waals surface area contributed by atoms with Crippen molar-refractivity contribution in [2.75, 3.05) is 13.7 Å². The second kappa shape index (κ2) is 8.31. The Morgan fingerprint density at radius 3 is 2.76 bits per heavy atom. The van der Waals surface area contributed by atoms with E-state index in [1.807, 2.05) is 26.0 Å². The van der Waals surface area contributed by atoms with Gasteiger partial charge in [0.25, 0.3) is 0 Å². The number of hydrogen-bond acceptors (Lipinski definition) is 6. The van der Waals surface area contributed by atoms with Crippen molar-refractivity contribution in [1.29, 1.82) is 5.26 Å². The predicted molar refractivity (Wildman–Crippen MR) is 90.4 cm³/mol. The van der Waals surface area contributed by atoms with Gasteiger partial charge in [0.2, 0.25) is 0 Å². The Balaban J connectivity index is 2.13. The molecule has 25 heavy (non-hydrogen) atoms. The second-order valence-corrected chi connectivity index (χ2v) is 5.65. The lowest BCUT2D eigenvalue weighted by atomic mass is 10.1. The Labute approximate surface area is 146 Å². The largest absolute Gasteiger partial charge is 0.453 e. The number of aryl methyl sites for hydroxylation is 2. The first-order chi connectivity index (χ1) is 12.0. The van der Waals surface area contributed by atoms with Gasteiger partial charge in [0.1, 0.15) is 11.6 Å². The van der Waals surface area contributed by atoms with Gasteiger partial charge in [0.15, 0.2) is 12.4 Å². The van der Waals surface area contributed by atoms with Crippen molar-refractivity contribution in [3.63, 3.8) is 0 Å². The molecule has 0 radical (unpaired) electrons. The third-order valence-corrected chi connectivity index (χ3v) is 3.79. The van der Waals surface area contributed by atoms with E-state index in [1.54, 1.807) is 26.2 Å². The third kappa shape index (κ3) is 4.58. The van der Waals surface area contributed by atoms with Crippen LogP contribution >= 0.6 is 0 Å². The van der Waals surface area contributed by atoms with Gasteiger partial charge in [-0.2, -0.15) is 5.26 Å². The van der Waals surface area contributed by atoms with E-state index in [0.717, 1.165) is 17.0 Å². The molecule has 0 saturated carbocycles. The second-order valence-electron chi connectivity index (χ2n) is 5.65. The van der Waals surface area contributed by atoms with E-state index in [1.165, 1.54) is 0 Å². The minimum atomic E-state index is -0.696. The molecule has 0 aliphatic heterocycles. The van der Waals surface area contributed by atoms with Crippen LogP contribution in [-0.2, 0) is 27.4 Å². The minimum absolute atomic E-state index is 0.0639. The number of hydrogen-bond donors (Lipinski definition) is 0. The minimum Gasteiger partial charge on any atom is -0.453 e. The Hall–Kier alpha value is -2.85. The third-order valence-electron chi connectivity index (χ3n) is 3.79. The molecular formula is C18H21N3O4. The summed E-state index contributed by atoms with van der Waals surface area (Å²) in [7, 11) is 1.65. The Bertz CT molecular complexity index is 824. The highest BCUT2D eigenvalue weighted by Gasteiger charge is 2.15. The molecule has 0 aliphatic carbocycles. The molecule has 0 fully saturated rings. The zero-order valence-corrected chi connectivity index (χ0v) is 14.8. The van der Waals surface area contributed by atoms with Crippen LogP contribution in [0.1, 0.15) is 28.4 Å². The first-order valence-corrected chi connectivity index (χ1v) is 7.83. The number of ether oxygens (including phenoxy) is 2. The molecule has 2 aromatic rings. The molecule has 2 aromatic heterocycles. The first-order valence-electron chi connectivity index (χ1n) is 7.83. The molecule has 0 atom stereocenters. The molecule has 0 unspecified atom stereocenters. The van der Waals surface area contributed by atoms with Gasteiger partial charge in [0, 0.05) is 31.1 Å². The Morgan fingerprint density at radius 2 is 2.16 bits per heavy atom. The molecule has 2 heterocycles. The van der Waals surface area contributed by atoms with Crippen LogP contribution in [0.2, 0.25) is 0 Å².